The van der Waals surface area contributed by atoms with Crippen LogP contribution in [0, 0.1) is 13.8 Å². The van der Waals surface area contributed by atoms with Crippen molar-refractivity contribution >= 4 is 21.6 Å². The Kier molecular flexibility index (Phi) is 3.51. The van der Waals surface area contributed by atoms with E-state index in [2.05, 4.69) is 10.0 Å². The van der Waals surface area contributed by atoms with Crippen LogP contribution < -0.4 is 15.8 Å². The molecule has 0 aromatic heterocycles. The molecular weight excluding hydrogens is 266 g/mol. The highest BCUT2D eigenvalue weighted by atomic mass is 32.2. The summed E-state index contributed by atoms with van der Waals surface area (Å²) in [6.07, 6.45) is 0.166. The van der Waals surface area contributed by atoms with Gasteiger partial charge in [0.25, 0.3) is 0 Å². The zero-order valence-corrected chi connectivity index (χ0v) is 11.7. The number of hydrogen-bond donors (Lipinski definition) is 3. The van der Waals surface area contributed by atoms with E-state index in [1.165, 1.54) is 0 Å². The number of rotatable bonds is 3. The van der Waals surface area contributed by atoms with Gasteiger partial charge in [0.15, 0.2) is 0 Å². The molecule has 1 aliphatic rings. The summed E-state index contributed by atoms with van der Waals surface area (Å²) in [4.78, 5) is 11.3. The van der Waals surface area contributed by atoms with Crippen LogP contribution in [0.25, 0.3) is 0 Å². The van der Waals surface area contributed by atoms with Crippen molar-refractivity contribution in [3.8, 4) is 0 Å². The standard InChI is InChI=1S/C12H17N3O3S/c1-7-3-10(13)8(2)11(4-7)19(17,18)15-9-5-12(16)14-6-9/h3-4,9,15H,5-6,13H2,1-2H3,(H,14,16). The number of carbonyl (C=O) groups excluding carboxylic acids is 1. The minimum absolute atomic E-state index is 0.145. The Morgan fingerprint density at radius 1 is 1.37 bits per heavy atom. The minimum atomic E-state index is -3.67. The van der Waals surface area contributed by atoms with Crippen LogP contribution in [0.3, 0.4) is 0 Å². The van der Waals surface area contributed by atoms with Crippen molar-refractivity contribution in [1.29, 1.82) is 0 Å². The fourth-order valence-electron chi connectivity index (χ4n) is 2.10. The first-order chi connectivity index (χ1) is 8.79. The predicted molar refractivity (Wildman–Crippen MR) is 72.1 cm³/mol. The van der Waals surface area contributed by atoms with Gasteiger partial charge in [0.2, 0.25) is 15.9 Å². The molecule has 0 saturated carbocycles. The van der Waals surface area contributed by atoms with E-state index in [9.17, 15) is 13.2 Å². The lowest BCUT2D eigenvalue weighted by Gasteiger charge is -2.15. The Morgan fingerprint density at radius 3 is 2.63 bits per heavy atom. The number of amides is 1. The Labute approximate surface area is 112 Å². The van der Waals surface area contributed by atoms with E-state index in [1.54, 1.807) is 26.0 Å². The zero-order valence-electron chi connectivity index (χ0n) is 10.9. The second-order valence-electron chi connectivity index (χ2n) is 4.80. The molecule has 1 aromatic carbocycles. The number of anilines is 1. The summed E-state index contributed by atoms with van der Waals surface area (Å²) in [6.45, 7) is 3.77. The van der Waals surface area contributed by atoms with Crippen molar-refractivity contribution < 1.29 is 13.2 Å². The molecule has 1 amide bonds. The molecule has 1 aliphatic heterocycles. The van der Waals surface area contributed by atoms with Crippen molar-refractivity contribution in [3.63, 3.8) is 0 Å². The third kappa shape index (κ3) is 2.87. The predicted octanol–water partition coefficient (Wildman–Crippen LogP) is 0.0524. The van der Waals surface area contributed by atoms with Gasteiger partial charge in [0.05, 0.1) is 4.90 Å². The van der Waals surface area contributed by atoms with Gasteiger partial charge in [-0.15, -0.1) is 0 Å². The SMILES string of the molecule is Cc1cc(N)c(C)c(S(=O)(=O)NC2CNC(=O)C2)c1. The third-order valence-electron chi connectivity index (χ3n) is 3.13. The number of carbonyl (C=O) groups is 1. The lowest BCUT2D eigenvalue weighted by atomic mass is 10.1. The van der Waals surface area contributed by atoms with Crippen molar-refractivity contribution in [2.45, 2.75) is 31.2 Å². The lowest BCUT2D eigenvalue weighted by Crippen LogP contribution is -2.36. The van der Waals surface area contributed by atoms with E-state index < -0.39 is 16.1 Å². The molecule has 1 fully saturated rings. The number of nitrogens with two attached hydrogens (primary N) is 1. The second-order valence-corrected chi connectivity index (χ2v) is 6.49. The van der Waals surface area contributed by atoms with Crippen molar-refractivity contribution in [3.05, 3.63) is 23.3 Å². The summed E-state index contributed by atoms with van der Waals surface area (Å²) in [5.41, 5.74) is 7.54. The van der Waals surface area contributed by atoms with Crippen LogP contribution in [-0.2, 0) is 14.8 Å². The van der Waals surface area contributed by atoms with E-state index >= 15 is 0 Å². The second kappa shape index (κ2) is 4.82. The molecule has 0 aliphatic carbocycles. The van der Waals surface area contributed by atoms with E-state index in [0.29, 0.717) is 17.8 Å². The van der Waals surface area contributed by atoms with Crippen LogP contribution in [-0.4, -0.2) is 26.9 Å². The summed E-state index contributed by atoms with van der Waals surface area (Å²) in [6, 6.07) is 2.91. The maximum Gasteiger partial charge on any atom is 0.241 e. The average molecular weight is 283 g/mol. The highest BCUT2D eigenvalue weighted by molar-refractivity contribution is 7.89. The van der Waals surface area contributed by atoms with Gasteiger partial charge < -0.3 is 11.1 Å². The van der Waals surface area contributed by atoms with Crippen LogP contribution in [0.2, 0.25) is 0 Å². The fraction of sp³-hybridized carbons (Fsp3) is 0.417. The van der Waals surface area contributed by atoms with Gasteiger partial charge in [-0.05, 0) is 37.1 Å². The smallest absolute Gasteiger partial charge is 0.241 e. The highest BCUT2D eigenvalue weighted by Gasteiger charge is 2.28. The van der Waals surface area contributed by atoms with Gasteiger partial charge in [-0.1, -0.05) is 0 Å². The highest BCUT2D eigenvalue weighted by Crippen LogP contribution is 2.23. The molecule has 7 heteroatoms. The summed E-state index contributed by atoms with van der Waals surface area (Å²) in [7, 11) is -3.67. The number of nitrogens with one attached hydrogen (secondary N) is 2. The molecule has 0 spiro atoms. The summed E-state index contributed by atoms with van der Waals surface area (Å²) < 4.78 is 27.2. The Morgan fingerprint density at radius 2 is 2.05 bits per heavy atom. The number of nitrogen functional groups attached to an aromatic ring is 1. The molecule has 1 unspecified atom stereocenters. The van der Waals surface area contributed by atoms with Gasteiger partial charge in [0, 0.05) is 24.7 Å². The Hall–Kier alpha value is -1.60. The van der Waals surface area contributed by atoms with E-state index in [0.717, 1.165) is 5.56 Å². The van der Waals surface area contributed by atoms with E-state index in [-0.39, 0.29) is 17.2 Å². The average Bonchev–Trinajstić information content (AvgIpc) is 2.68. The molecule has 4 N–H and O–H groups in total. The maximum absolute atomic E-state index is 12.3. The molecule has 0 bridgehead atoms. The quantitative estimate of drug-likeness (QED) is 0.682. The summed E-state index contributed by atoms with van der Waals surface area (Å²) in [5, 5.41) is 2.59. The van der Waals surface area contributed by atoms with Crippen molar-refractivity contribution in [2.75, 3.05) is 12.3 Å². The molecule has 2 rings (SSSR count). The molecule has 6 nitrogen and oxygen atoms in total. The first-order valence-electron chi connectivity index (χ1n) is 5.95. The normalized spacial score (nSPS) is 19.5. The third-order valence-corrected chi connectivity index (χ3v) is 4.78. The Balaban J connectivity index is 2.32. The molecule has 1 atom stereocenters. The largest absolute Gasteiger partial charge is 0.398 e. The molecule has 19 heavy (non-hydrogen) atoms. The first kappa shape index (κ1) is 13.8. The summed E-state index contributed by atoms with van der Waals surface area (Å²) >= 11 is 0. The van der Waals surface area contributed by atoms with Gasteiger partial charge in [0.1, 0.15) is 0 Å². The van der Waals surface area contributed by atoms with Crippen LogP contribution >= 0.6 is 0 Å². The first-order valence-corrected chi connectivity index (χ1v) is 7.43. The van der Waals surface area contributed by atoms with Gasteiger partial charge in [-0.25, -0.2) is 13.1 Å². The number of sulfonamides is 1. The molecular formula is C12H17N3O3S. The maximum atomic E-state index is 12.3. The van der Waals surface area contributed by atoms with Crippen molar-refractivity contribution in [1.82, 2.24) is 10.0 Å². The minimum Gasteiger partial charge on any atom is -0.398 e. The van der Waals surface area contributed by atoms with Crippen LogP contribution in [0.4, 0.5) is 5.69 Å². The number of benzene rings is 1. The fourth-order valence-corrected chi connectivity index (χ4v) is 3.70. The van der Waals surface area contributed by atoms with Crippen LogP contribution in [0.5, 0.6) is 0 Å². The molecule has 1 saturated heterocycles. The van der Waals surface area contributed by atoms with Gasteiger partial charge in [-0.2, -0.15) is 0 Å². The summed E-state index contributed by atoms with van der Waals surface area (Å²) in [5.74, 6) is -0.145. The molecule has 1 heterocycles. The lowest BCUT2D eigenvalue weighted by molar-refractivity contribution is -0.119. The molecule has 1 aromatic rings. The topological polar surface area (TPSA) is 101 Å². The Bertz CT molecular complexity index is 625. The van der Waals surface area contributed by atoms with Crippen molar-refractivity contribution in [2.24, 2.45) is 0 Å². The van der Waals surface area contributed by atoms with Crippen LogP contribution in [0.1, 0.15) is 17.5 Å². The number of hydrogen-bond acceptors (Lipinski definition) is 4. The van der Waals surface area contributed by atoms with Gasteiger partial charge in [-0.3, -0.25) is 4.79 Å². The van der Waals surface area contributed by atoms with E-state index in [1.807, 2.05) is 0 Å². The molecule has 104 valence electrons. The van der Waals surface area contributed by atoms with Gasteiger partial charge >= 0.3 is 0 Å². The number of aryl methyl sites for hydroxylation is 1. The van der Waals surface area contributed by atoms with Crippen LogP contribution in [0.15, 0.2) is 17.0 Å². The monoisotopic (exact) mass is 283 g/mol. The molecule has 0 radical (unpaired) electrons. The van der Waals surface area contributed by atoms with E-state index in [4.69, 9.17) is 5.73 Å². The zero-order chi connectivity index (χ0) is 14.2.